The molecule has 2 saturated heterocycles. The first kappa shape index (κ1) is 24.7. The van der Waals surface area contributed by atoms with Crippen molar-refractivity contribution in [1.29, 1.82) is 0 Å². The van der Waals surface area contributed by atoms with Crippen molar-refractivity contribution in [1.82, 2.24) is 26.6 Å². The predicted molar refractivity (Wildman–Crippen MR) is 131 cm³/mol. The highest BCUT2D eigenvalue weighted by Crippen LogP contribution is 2.41. The van der Waals surface area contributed by atoms with E-state index in [1.54, 1.807) is 0 Å². The molecule has 1 saturated carbocycles. The van der Waals surface area contributed by atoms with Crippen LogP contribution in [0.1, 0.15) is 65.7 Å². The molecule has 0 aromatic carbocycles. The van der Waals surface area contributed by atoms with Gasteiger partial charge in [-0.1, -0.05) is 6.92 Å². The van der Waals surface area contributed by atoms with Crippen LogP contribution in [0.2, 0.25) is 0 Å². The zero-order valence-electron chi connectivity index (χ0n) is 20.7. The quantitative estimate of drug-likeness (QED) is 0.389. The molecule has 3 heterocycles. The minimum Gasteiger partial charge on any atom is -0.356 e. The first-order valence-corrected chi connectivity index (χ1v) is 13.3. The lowest BCUT2D eigenvalue weighted by Gasteiger charge is -2.43. The van der Waals surface area contributed by atoms with Crippen molar-refractivity contribution >= 4 is 11.9 Å². The molecule has 1 amide bonds. The number of hydrogen-bond acceptors (Lipinski definition) is 6. The van der Waals surface area contributed by atoms with E-state index >= 15 is 0 Å². The van der Waals surface area contributed by atoms with Gasteiger partial charge >= 0.3 is 0 Å². The van der Waals surface area contributed by atoms with Gasteiger partial charge in [0.1, 0.15) is 0 Å². The van der Waals surface area contributed by atoms with E-state index in [1.165, 1.54) is 6.42 Å². The Kier molecular flexibility index (Phi) is 8.49. The number of rotatable bonds is 6. The van der Waals surface area contributed by atoms with Crippen LogP contribution in [0.3, 0.4) is 0 Å². The van der Waals surface area contributed by atoms with Crippen molar-refractivity contribution in [2.24, 2.45) is 34.6 Å². The lowest BCUT2D eigenvalue weighted by Crippen LogP contribution is -2.54. The number of amides is 1. The molecule has 7 nitrogen and oxygen atoms in total. The van der Waals surface area contributed by atoms with Crippen molar-refractivity contribution < 1.29 is 9.18 Å². The molecule has 9 unspecified atom stereocenters. The predicted octanol–water partition coefficient (Wildman–Crippen LogP) is 2.14. The van der Waals surface area contributed by atoms with Gasteiger partial charge in [0.05, 0.1) is 6.54 Å². The molecule has 9 atom stereocenters. The molecule has 33 heavy (non-hydrogen) atoms. The summed E-state index contributed by atoms with van der Waals surface area (Å²) in [7, 11) is 0. The van der Waals surface area contributed by atoms with Crippen LogP contribution < -0.4 is 26.6 Å². The zero-order chi connectivity index (χ0) is 23.4. The second-order valence-electron chi connectivity index (χ2n) is 11.2. The third-order valence-electron chi connectivity index (χ3n) is 8.56. The van der Waals surface area contributed by atoms with E-state index in [1.807, 2.05) is 0 Å². The van der Waals surface area contributed by atoms with Gasteiger partial charge in [-0.25, -0.2) is 4.39 Å². The Bertz CT molecular complexity index is 690. The summed E-state index contributed by atoms with van der Waals surface area (Å²) in [5.41, 5.74) is 0. The highest BCUT2D eigenvalue weighted by atomic mass is 19.1. The monoisotopic (exact) mass is 464 g/mol. The number of carbonyl (C=O) groups is 1. The topological polar surface area (TPSA) is 89.6 Å². The van der Waals surface area contributed by atoms with E-state index in [4.69, 9.17) is 0 Å². The summed E-state index contributed by atoms with van der Waals surface area (Å²) in [6.07, 6.45) is 5.83. The van der Waals surface area contributed by atoms with Crippen molar-refractivity contribution in [3.63, 3.8) is 0 Å². The Morgan fingerprint density at radius 3 is 2.73 bits per heavy atom. The Balaban J connectivity index is 1.39. The average Bonchev–Trinajstić information content (AvgIpc) is 3.31. The van der Waals surface area contributed by atoms with Crippen molar-refractivity contribution in [3.8, 4) is 0 Å². The normalized spacial score (nSPS) is 40.4. The molecule has 3 fully saturated rings. The van der Waals surface area contributed by atoms with Crippen LogP contribution in [-0.2, 0) is 4.79 Å². The number of nitrogens with zero attached hydrogens (tertiary/aromatic N) is 1. The summed E-state index contributed by atoms with van der Waals surface area (Å²) < 4.78 is 13.9. The molecule has 0 spiro atoms. The van der Waals surface area contributed by atoms with Crippen LogP contribution in [0.4, 0.5) is 4.39 Å². The molecule has 0 radical (unpaired) electrons. The maximum atomic E-state index is 13.9. The second kappa shape index (κ2) is 11.3. The molecular formula is C25H45FN6O. The molecular weight excluding hydrogens is 419 g/mol. The van der Waals surface area contributed by atoms with Crippen molar-refractivity contribution in [3.05, 3.63) is 0 Å². The summed E-state index contributed by atoms with van der Waals surface area (Å²) in [5.74, 6) is 3.10. The molecule has 0 aromatic rings. The van der Waals surface area contributed by atoms with Gasteiger partial charge in [0.2, 0.25) is 5.91 Å². The summed E-state index contributed by atoms with van der Waals surface area (Å²) >= 11 is 0. The Morgan fingerprint density at radius 1 is 1.15 bits per heavy atom. The fourth-order valence-corrected chi connectivity index (χ4v) is 6.67. The number of guanidine groups is 1. The van der Waals surface area contributed by atoms with E-state index in [9.17, 15) is 9.18 Å². The third kappa shape index (κ3) is 6.59. The summed E-state index contributed by atoms with van der Waals surface area (Å²) in [6.45, 7) is 10.1. The SMILES string of the molecule is CC1CCNC(C(C)NC(=O)C2CC(CNC3=NCCN3)CC(C3CCC(F)NC3C)C2)C1. The van der Waals surface area contributed by atoms with Gasteiger partial charge in [-0.15, -0.1) is 0 Å². The highest BCUT2D eigenvalue weighted by molar-refractivity contribution is 5.81. The van der Waals surface area contributed by atoms with Crippen LogP contribution in [0.5, 0.6) is 0 Å². The molecule has 5 N–H and O–H groups in total. The fraction of sp³-hybridized carbons (Fsp3) is 0.920. The van der Waals surface area contributed by atoms with E-state index in [2.05, 4.69) is 52.3 Å². The van der Waals surface area contributed by atoms with Gasteiger partial charge in [0, 0.05) is 37.1 Å². The number of piperidine rings is 2. The minimum atomic E-state index is -0.894. The number of alkyl halides is 1. The molecule has 0 aromatic heterocycles. The summed E-state index contributed by atoms with van der Waals surface area (Å²) in [5, 5.41) is 16.8. The van der Waals surface area contributed by atoms with Gasteiger partial charge in [-0.3, -0.25) is 15.1 Å². The third-order valence-corrected chi connectivity index (χ3v) is 8.56. The van der Waals surface area contributed by atoms with Crippen LogP contribution in [0.15, 0.2) is 4.99 Å². The second-order valence-corrected chi connectivity index (χ2v) is 11.2. The number of hydrogen-bond donors (Lipinski definition) is 5. The lowest BCUT2D eigenvalue weighted by atomic mass is 9.66. The van der Waals surface area contributed by atoms with Gasteiger partial charge in [0.15, 0.2) is 12.3 Å². The zero-order valence-corrected chi connectivity index (χ0v) is 20.7. The maximum absolute atomic E-state index is 13.9. The first-order chi connectivity index (χ1) is 15.9. The smallest absolute Gasteiger partial charge is 0.223 e. The van der Waals surface area contributed by atoms with Crippen molar-refractivity contribution in [2.45, 2.75) is 90.1 Å². The molecule has 0 bridgehead atoms. The Hall–Kier alpha value is -1.41. The highest BCUT2D eigenvalue weighted by Gasteiger charge is 2.40. The Labute approximate surface area is 198 Å². The van der Waals surface area contributed by atoms with E-state index in [-0.39, 0.29) is 23.9 Å². The van der Waals surface area contributed by atoms with Crippen LogP contribution in [0.25, 0.3) is 0 Å². The number of nitrogens with one attached hydrogen (secondary N) is 5. The van der Waals surface area contributed by atoms with Crippen molar-refractivity contribution in [2.75, 3.05) is 26.2 Å². The van der Waals surface area contributed by atoms with Crippen LogP contribution in [-0.4, -0.2) is 62.5 Å². The molecule has 8 heteroatoms. The molecule has 4 rings (SSSR count). The van der Waals surface area contributed by atoms with Crippen LogP contribution >= 0.6 is 0 Å². The first-order valence-electron chi connectivity index (χ1n) is 13.3. The summed E-state index contributed by atoms with van der Waals surface area (Å²) in [4.78, 5) is 17.9. The number of aliphatic imine (C=N–C) groups is 1. The van der Waals surface area contributed by atoms with Gasteiger partial charge in [-0.05, 0) is 89.0 Å². The standard InChI is InChI=1S/C25H45FN6O/c1-15-6-7-27-22(10-15)17(3)32-24(33)20-12-18(14-30-25-28-8-9-29-25)11-19(13-20)21-4-5-23(26)31-16(21)2/h15-23,27,31H,4-14H2,1-3H3,(H,32,33)(H2,28,29,30). The summed E-state index contributed by atoms with van der Waals surface area (Å²) in [6, 6.07) is 0.642. The minimum absolute atomic E-state index is 0.0211. The number of carbonyl (C=O) groups excluding carboxylic acids is 1. The largest absolute Gasteiger partial charge is 0.356 e. The lowest BCUT2D eigenvalue weighted by molar-refractivity contribution is -0.128. The Morgan fingerprint density at radius 2 is 2.00 bits per heavy atom. The van der Waals surface area contributed by atoms with E-state index in [0.29, 0.717) is 36.1 Å². The average molecular weight is 465 g/mol. The van der Waals surface area contributed by atoms with E-state index in [0.717, 1.165) is 64.2 Å². The van der Waals surface area contributed by atoms with Crippen LogP contribution in [0, 0.1) is 29.6 Å². The molecule has 188 valence electrons. The molecule has 4 aliphatic rings. The van der Waals surface area contributed by atoms with Gasteiger partial charge < -0.3 is 21.3 Å². The van der Waals surface area contributed by atoms with Gasteiger partial charge in [-0.2, -0.15) is 0 Å². The van der Waals surface area contributed by atoms with Gasteiger partial charge in [0.25, 0.3) is 0 Å². The molecule has 1 aliphatic carbocycles. The van der Waals surface area contributed by atoms with E-state index < -0.39 is 6.30 Å². The maximum Gasteiger partial charge on any atom is 0.223 e. The fourth-order valence-electron chi connectivity index (χ4n) is 6.67. The number of halogens is 1. The molecule has 3 aliphatic heterocycles.